The third-order valence-corrected chi connectivity index (χ3v) is 3.72. The number of hydrogen-bond donors (Lipinski definition) is 2. The Balaban J connectivity index is 2.11. The molecule has 1 fully saturated rings. The van der Waals surface area contributed by atoms with E-state index in [1.807, 2.05) is 27.0 Å². The molecule has 19 heavy (non-hydrogen) atoms. The first-order valence-corrected chi connectivity index (χ1v) is 7.01. The number of anilines is 1. The Morgan fingerprint density at radius 2 is 1.79 bits per heavy atom. The summed E-state index contributed by atoms with van der Waals surface area (Å²) < 4.78 is 2.13. The van der Waals surface area contributed by atoms with Gasteiger partial charge in [0.15, 0.2) is 0 Å². The van der Waals surface area contributed by atoms with Crippen LogP contribution in [0.4, 0.5) is 5.95 Å². The fourth-order valence-electron chi connectivity index (χ4n) is 2.65. The number of nitrogens with one attached hydrogen (secondary N) is 1. The Bertz CT molecular complexity index is 454. The van der Waals surface area contributed by atoms with Crippen molar-refractivity contribution in [2.24, 2.45) is 5.73 Å². The van der Waals surface area contributed by atoms with Gasteiger partial charge in [0, 0.05) is 11.4 Å². The zero-order chi connectivity index (χ0) is 13.8. The largest absolute Gasteiger partial charge is 0.350 e. The van der Waals surface area contributed by atoms with Crippen LogP contribution >= 0.6 is 0 Å². The quantitative estimate of drug-likeness (QED) is 0.484. The third-order valence-electron chi connectivity index (χ3n) is 3.72. The van der Waals surface area contributed by atoms with Crippen LogP contribution in [0, 0.1) is 13.8 Å². The normalized spacial score (nSPS) is 18.1. The van der Waals surface area contributed by atoms with Crippen molar-refractivity contribution in [1.82, 2.24) is 9.97 Å². The van der Waals surface area contributed by atoms with E-state index in [0.717, 1.165) is 11.4 Å². The number of nitrogens with zero attached hydrogens (tertiary/aromatic N) is 3. The van der Waals surface area contributed by atoms with Crippen LogP contribution in [0.1, 0.15) is 43.5 Å². The van der Waals surface area contributed by atoms with Gasteiger partial charge in [-0.15, -0.1) is 0 Å². The van der Waals surface area contributed by atoms with Crippen molar-refractivity contribution in [3.8, 4) is 0 Å². The number of nitrogens with two attached hydrogens (primary N) is 1. The lowest BCUT2D eigenvalue weighted by Crippen LogP contribution is -2.39. The molecule has 0 radical (unpaired) electrons. The highest BCUT2D eigenvalue weighted by Crippen LogP contribution is 2.19. The van der Waals surface area contributed by atoms with E-state index in [0.29, 0.717) is 17.9 Å². The summed E-state index contributed by atoms with van der Waals surface area (Å²) in [6.45, 7) is 3.92. The number of guanidine groups is 1. The average molecular weight is 262 g/mol. The van der Waals surface area contributed by atoms with Crippen molar-refractivity contribution in [1.29, 1.82) is 0 Å². The maximum absolute atomic E-state index is 6.13. The van der Waals surface area contributed by atoms with Crippen LogP contribution in [0.15, 0.2) is 6.07 Å². The monoisotopic (exact) mass is 262 g/mol. The van der Waals surface area contributed by atoms with Crippen LogP contribution in [0.5, 0.6) is 0 Å². The number of hydrogen-bond acceptors (Lipinski definition) is 2. The highest BCUT2D eigenvalue weighted by Gasteiger charge is 2.20. The number of aryl methyl sites for hydroxylation is 2. The van der Waals surface area contributed by atoms with E-state index in [1.165, 1.54) is 32.1 Å². The van der Waals surface area contributed by atoms with E-state index >= 15 is 0 Å². The molecule has 1 saturated carbocycles. The summed E-state index contributed by atoms with van der Waals surface area (Å²) in [7, 11) is 2.04. The Morgan fingerprint density at radius 3 is 2.37 bits per heavy atom. The van der Waals surface area contributed by atoms with Gasteiger partial charge in [0.2, 0.25) is 0 Å². The standard InChI is InChI=1S/C14H23N5/c1-10-9-11(2)17-14(16-10)18-13(15)19(3)12-7-5-4-6-8-12/h9,12H,4-8H2,1-3H3,(H2,15,16,17,18)/p+1. The molecular weight excluding hydrogens is 238 g/mol. The Kier molecular flexibility index (Phi) is 4.35. The predicted octanol–water partition coefficient (Wildman–Crippen LogP) is 1.80. The van der Waals surface area contributed by atoms with Gasteiger partial charge in [0.05, 0.1) is 13.1 Å². The van der Waals surface area contributed by atoms with Gasteiger partial charge in [-0.05, 0) is 32.8 Å². The summed E-state index contributed by atoms with van der Waals surface area (Å²) in [6.07, 6.45) is 6.36. The molecule has 0 amide bonds. The van der Waals surface area contributed by atoms with Gasteiger partial charge in [-0.3, -0.25) is 10.3 Å². The van der Waals surface area contributed by atoms with E-state index in [2.05, 4.69) is 19.9 Å². The molecular formula is C14H24N5+. The predicted molar refractivity (Wildman–Crippen MR) is 77.4 cm³/mol. The molecule has 0 atom stereocenters. The van der Waals surface area contributed by atoms with Gasteiger partial charge in [0.25, 0.3) is 5.95 Å². The minimum atomic E-state index is 0.534. The summed E-state index contributed by atoms with van der Waals surface area (Å²) in [4.78, 5) is 8.70. The first kappa shape index (κ1) is 13.8. The number of aromatic nitrogens is 2. The van der Waals surface area contributed by atoms with Crippen molar-refractivity contribution >= 4 is 11.9 Å². The van der Waals surface area contributed by atoms with Gasteiger partial charge in [-0.1, -0.05) is 19.3 Å². The highest BCUT2D eigenvalue weighted by molar-refractivity contribution is 5.86. The van der Waals surface area contributed by atoms with Crippen molar-refractivity contribution < 1.29 is 4.58 Å². The zero-order valence-electron chi connectivity index (χ0n) is 12.1. The second-order valence-electron chi connectivity index (χ2n) is 5.39. The lowest BCUT2D eigenvalue weighted by Gasteiger charge is -2.22. The molecule has 1 aromatic rings. The SMILES string of the molecule is Cc1cc(C)nc(NC(N)=[N+](C)C2CCCCC2)n1. The third kappa shape index (κ3) is 3.66. The number of rotatable bonds is 2. The molecule has 0 aliphatic heterocycles. The van der Waals surface area contributed by atoms with Gasteiger partial charge >= 0.3 is 5.96 Å². The fourth-order valence-corrected chi connectivity index (χ4v) is 2.65. The molecule has 1 heterocycles. The highest BCUT2D eigenvalue weighted by atomic mass is 15.2. The fraction of sp³-hybridized carbons (Fsp3) is 0.643. The summed E-state index contributed by atoms with van der Waals surface area (Å²) >= 11 is 0. The minimum absolute atomic E-state index is 0.534. The van der Waals surface area contributed by atoms with E-state index in [-0.39, 0.29) is 0 Å². The van der Waals surface area contributed by atoms with E-state index < -0.39 is 0 Å². The molecule has 2 rings (SSSR count). The van der Waals surface area contributed by atoms with Gasteiger partial charge in [-0.2, -0.15) is 0 Å². The molecule has 0 bridgehead atoms. The molecule has 0 aromatic carbocycles. The maximum atomic E-state index is 6.13. The van der Waals surface area contributed by atoms with Crippen LogP contribution in [-0.4, -0.2) is 33.6 Å². The molecule has 5 heteroatoms. The van der Waals surface area contributed by atoms with Crippen LogP contribution in [0.25, 0.3) is 0 Å². The summed E-state index contributed by atoms with van der Waals surface area (Å²) in [5.41, 5.74) is 8.03. The Morgan fingerprint density at radius 1 is 1.21 bits per heavy atom. The van der Waals surface area contributed by atoms with Crippen LogP contribution in [0.3, 0.4) is 0 Å². The molecule has 5 nitrogen and oxygen atoms in total. The van der Waals surface area contributed by atoms with Gasteiger partial charge in [0.1, 0.15) is 0 Å². The molecule has 104 valence electrons. The van der Waals surface area contributed by atoms with Crippen LogP contribution in [-0.2, 0) is 0 Å². The van der Waals surface area contributed by atoms with Crippen molar-refractivity contribution in [2.75, 3.05) is 12.4 Å². The zero-order valence-corrected chi connectivity index (χ0v) is 12.1. The molecule has 0 unspecified atom stereocenters. The van der Waals surface area contributed by atoms with E-state index in [4.69, 9.17) is 5.73 Å². The maximum Gasteiger partial charge on any atom is 0.350 e. The van der Waals surface area contributed by atoms with Crippen LogP contribution in [0.2, 0.25) is 0 Å². The van der Waals surface area contributed by atoms with Gasteiger partial charge in [-0.25, -0.2) is 15.3 Å². The summed E-state index contributed by atoms with van der Waals surface area (Å²) in [5.74, 6) is 1.22. The molecule has 1 aromatic heterocycles. The molecule has 3 N–H and O–H groups in total. The topological polar surface area (TPSA) is 66.8 Å². The first-order valence-electron chi connectivity index (χ1n) is 7.01. The van der Waals surface area contributed by atoms with E-state index in [1.54, 1.807) is 0 Å². The lowest BCUT2D eigenvalue weighted by molar-refractivity contribution is -0.542. The summed E-state index contributed by atoms with van der Waals surface area (Å²) in [6, 6.07) is 2.49. The second-order valence-corrected chi connectivity index (χ2v) is 5.39. The van der Waals surface area contributed by atoms with Crippen molar-refractivity contribution in [2.45, 2.75) is 52.0 Å². The van der Waals surface area contributed by atoms with Gasteiger partial charge < -0.3 is 0 Å². The molecule has 0 saturated heterocycles. The first-order chi connectivity index (χ1) is 9.06. The Hall–Kier alpha value is -1.65. The summed E-state index contributed by atoms with van der Waals surface area (Å²) in [5, 5.41) is 3.12. The smallest absolute Gasteiger partial charge is 0.290 e. The van der Waals surface area contributed by atoms with Crippen molar-refractivity contribution in [3.05, 3.63) is 17.5 Å². The second kappa shape index (κ2) is 5.99. The van der Waals surface area contributed by atoms with Crippen LogP contribution < -0.4 is 11.1 Å². The lowest BCUT2D eigenvalue weighted by atomic mass is 9.95. The average Bonchev–Trinajstić information content (AvgIpc) is 2.37. The van der Waals surface area contributed by atoms with Crippen molar-refractivity contribution in [3.63, 3.8) is 0 Å². The molecule has 1 aliphatic rings. The van der Waals surface area contributed by atoms with E-state index in [9.17, 15) is 0 Å². The Labute approximate surface area is 115 Å². The molecule has 0 spiro atoms. The molecule has 1 aliphatic carbocycles. The minimum Gasteiger partial charge on any atom is -0.290 e.